The van der Waals surface area contributed by atoms with E-state index in [9.17, 15) is 19.2 Å². The minimum absolute atomic E-state index is 0.0921. The van der Waals surface area contributed by atoms with Crippen LogP contribution in [0, 0.1) is 5.92 Å². The first-order valence-corrected chi connectivity index (χ1v) is 7.81. The molecular weight excluding hydrogens is 286 g/mol. The molecule has 1 heterocycles. The van der Waals surface area contributed by atoms with Gasteiger partial charge in [-0.15, -0.1) is 0 Å². The van der Waals surface area contributed by atoms with Gasteiger partial charge in [0, 0.05) is 12.1 Å². The standard InChI is InChI=1S/C15H23N3O4/c1-9(2)16-12(19)8-17-13(20)14(21)18(15(17)22)11-7-5-4-6-10(11)3/h9-11H,4-8H2,1-3H3,(H,16,19)/t10-,11+/m0/s1. The quantitative estimate of drug-likeness (QED) is 0.617. The van der Waals surface area contributed by atoms with Crippen LogP contribution < -0.4 is 5.32 Å². The van der Waals surface area contributed by atoms with Crippen molar-refractivity contribution in [2.24, 2.45) is 5.92 Å². The van der Waals surface area contributed by atoms with Crippen LogP contribution in [0.25, 0.3) is 0 Å². The van der Waals surface area contributed by atoms with Crippen molar-refractivity contribution < 1.29 is 19.2 Å². The molecule has 2 aliphatic rings. The summed E-state index contributed by atoms with van der Waals surface area (Å²) in [7, 11) is 0. The summed E-state index contributed by atoms with van der Waals surface area (Å²) in [5, 5.41) is 2.61. The van der Waals surface area contributed by atoms with Crippen LogP contribution >= 0.6 is 0 Å². The Kier molecular flexibility index (Phi) is 4.83. The van der Waals surface area contributed by atoms with Gasteiger partial charge in [-0.3, -0.25) is 19.3 Å². The number of nitrogens with zero attached hydrogens (tertiary/aromatic N) is 2. The van der Waals surface area contributed by atoms with Crippen molar-refractivity contribution in [1.82, 2.24) is 15.1 Å². The molecular formula is C15H23N3O4. The molecule has 1 saturated carbocycles. The van der Waals surface area contributed by atoms with E-state index >= 15 is 0 Å². The highest BCUT2D eigenvalue weighted by Gasteiger charge is 2.49. The molecule has 1 N–H and O–H groups in total. The Labute approximate surface area is 130 Å². The number of imide groups is 2. The van der Waals surface area contributed by atoms with Gasteiger partial charge < -0.3 is 5.32 Å². The zero-order valence-electron chi connectivity index (χ0n) is 13.3. The van der Waals surface area contributed by atoms with Gasteiger partial charge in [-0.2, -0.15) is 0 Å². The summed E-state index contributed by atoms with van der Waals surface area (Å²) in [6.07, 6.45) is 3.66. The van der Waals surface area contributed by atoms with Crippen LogP contribution in [0.2, 0.25) is 0 Å². The molecule has 7 nitrogen and oxygen atoms in total. The first-order chi connectivity index (χ1) is 10.3. The molecule has 0 aromatic rings. The summed E-state index contributed by atoms with van der Waals surface area (Å²) in [5.41, 5.74) is 0. The Morgan fingerprint density at radius 1 is 1.18 bits per heavy atom. The number of nitrogens with one attached hydrogen (secondary N) is 1. The molecule has 7 heteroatoms. The van der Waals surface area contributed by atoms with E-state index in [1.807, 2.05) is 6.92 Å². The van der Waals surface area contributed by atoms with Crippen LogP contribution in [0.1, 0.15) is 46.5 Å². The van der Waals surface area contributed by atoms with E-state index in [2.05, 4.69) is 5.32 Å². The number of carbonyl (C=O) groups is 4. The summed E-state index contributed by atoms with van der Waals surface area (Å²) in [6.45, 7) is 5.15. The van der Waals surface area contributed by atoms with E-state index in [4.69, 9.17) is 0 Å². The Hall–Kier alpha value is -1.92. The number of carbonyl (C=O) groups excluding carboxylic acids is 4. The normalized spacial score (nSPS) is 26.1. The highest BCUT2D eigenvalue weighted by molar-refractivity contribution is 6.45. The molecule has 5 amide bonds. The molecule has 2 fully saturated rings. The lowest BCUT2D eigenvalue weighted by atomic mass is 9.85. The molecule has 1 saturated heterocycles. The molecule has 0 aromatic carbocycles. The third kappa shape index (κ3) is 3.13. The summed E-state index contributed by atoms with van der Waals surface area (Å²) in [4.78, 5) is 50.2. The number of urea groups is 1. The molecule has 2 atom stereocenters. The van der Waals surface area contributed by atoms with E-state index < -0.39 is 30.3 Å². The van der Waals surface area contributed by atoms with Crippen molar-refractivity contribution in [2.45, 2.75) is 58.5 Å². The van der Waals surface area contributed by atoms with E-state index in [1.165, 1.54) is 0 Å². The minimum Gasteiger partial charge on any atom is -0.352 e. The smallest absolute Gasteiger partial charge is 0.334 e. The third-order valence-corrected chi connectivity index (χ3v) is 4.23. The highest BCUT2D eigenvalue weighted by Crippen LogP contribution is 2.31. The first-order valence-electron chi connectivity index (χ1n) is 7.81. The lowest BCUT2D eigenvalue weighted by molar-refractivity contribution is -0.145. The lowest BCUT2D eigenvalue weighted by Gasteiger charge is -2.34. The van der Waals surface area contributed by atoms with Gasteiger partial charge in [-0.25, -0.2) is 9.69 Å². The van der Waals surface area contributed by atoms with Gasteiger partial charge in [0.1, 0.15) is 6.54 Å². The van der Waals surface area contributed by atoms with E-state index in [0.717, 1.165) is 35.5 Å². The van der Waals surface area contributed by atoms with Crippen LogP contribution in [0.15, 0.2) is 0 Å². The van der Waals surface area contributed by atoms with Crippen molar-refractivity contribution in [3.63, 3.8) is 0 Å². The van der Waals surface area contributed by atoms with Crippen LogP contribution in [-0.4, -0.2) is 52.2 Å². The molecule has 0 radical (unpaired) electrons. The number of hydrogen-bond acceptors (Lipinski definition) is 4. The summed E-state index contributed by atoms with van der Waals surface area (Å²) >= 11 is 0. The molecule has 0 unspecified atom stereocenters. The van der Waals surface area contributed by atoms with Crippen molar-refractivity contribution in [3.8, 4) is 0 Å². The zero-order chi connectivity index (χ0) is 16.4. The van der Waals surface area contributed by atoms with Gasteiger partial charge in [0.2, 0.25) is 5.91 Å². The Morgan fingerprint density at radius 2 is 1.82 bits per heavy atom. The largest absolute Gasteiger partial charge is 0.352 e. The molecule has 0 spiro atoms. The topological polar surface area (TPSA) is 86.8 Å². The maximum atomic E-state index is 12.4. The first kappa shape index (κ1) is 16.5. The molecule has 1 aliphatic carbocycles. The van der Waals surface area contributed by atoms with Crippen LogP contribution in [0.3, 0.4) is 0 Å². The monoisotopic (exact) mass is 309 g/mol. The Morgan fingerprint density at radius 3 is 2.41 bits per heavy atom. The third-order valence-electron chi connectivity index (χ3n) is 4.23. The van der Waals surface area contributed by atoms with Crippen molar-refractivity contribution in [3.05, 3.63) is 0 Å². The fraction of sp³-hybridized carbons (Fsp3) is 0.733. The van der Waals surface area contributed by atoms with Crippen LogP contribution in [0.5, 0.6) is 0 Å². The molecule has 122 valence electrons. The SMILES string of the molecule is CC(C)NC(=O)CN1C(=O)C(=O)N([C@@H]2CCCC[C@@H]2C)C1=O. The van der Waals surface area contributed by atoms with Gasteiger partial charge in [0.05, 0.1) is 0 Å². The second-order valence-corrected chi connectivity index (χ2v) is 6.40. The number of amides is 5. The van der Waals surface area contributed by atoms with Crippen molar-refractivity contribution >= 4 is 23.8 Å². The van der Waals surface area contributed by atoms with E-state index in [0.29, 0.717) is 0 Å². The lowest BCUT2D eigenvalue weighted by Crippen LogP contribution is -2.47. The fourth-order valence-electron chi connectivity index (χ4n) is 3.15. The number of hydrogen-bond donors (Lipinski definition) is 1. The maximum Gasteiger partial charge on any atom is 0.334 e. The Balaban J connectivity index is 2.12. The van der Waals surface area contributed by atoms with Gasteiger partial charge in [0.15, 0.2) is 0 Å². The molecule has 0 bridgehead atoms. The maximum absolute atomic E-state index is 12.4. The molecule has 0 aromatic heterocycles. The Bertz CT molecular complexity index is 503. The molecule has 22 heavy (non-hydrogen) atoms. The second-order valence-electron chi connectivity index (χ2n) is 6.40. The zero-order valence-corrected chi connectivity index (χ0v) is 13.3. The van der Waals surface area contributed by atoms with E-state index in [1.54, 1.807) is 13.8 Å². The van der Waals surface area contributed by atoms with Gasteiger partial charge in [-0.05, 0) is 32.6 Å². The number of rotatable bonds is 4. The average molecular weight is 309 g/mol. The van der Waals surface area contributed by atoms with Gasteiger partial charge >= 0.3 is 17.8 Å². The van der Waals surface area contributed by atoms with Gasteiger partial charge in [-0.1, -0.05) is 19.8 Å². The van der Waals surface area contributed by atoms with Gasteiger partial charge in [0.25, 0.3) is 0 Å². The summed E-state index contributed by atoms with van der Waals surface area (Å²) in [6, 6.07) is -0.992. The minimum atomic E-state index is -0.901. The predicted octanol–water partition coefficient (Wildman–Crippen LogP) is 0.880. The fourth-order valence-corrected chi connectivity index (χ4v) is 3.15. The molecule has 2 rings (SSSR count). The highest BCUT2D eigenvalue weighted by atomic mass is 16.2. The van der Waals surface area contributed by atoms with Crippen LogP contribution in [0.4, 0.5) is 4.79 Å². The van der Waals surface area contributed by atoms with Crippen molar-refractivity contribution in [2.75, 3.05) is 6.54 Å². The second kappa shape index (κ2) is 6.46. The van der Waals surface area contributed by atoms with E-state index in [-0.39, 0.29) is 18.0 Å². The average Bonchev–Trinajstić information content (AvgIpc) is 2.63. The summed E-state index contributed by atoms with van der Waals surface area (Å²) < 4.78 is 0. The van der Waals surface area contributed by atoms with Crippen molar-refractivity contribution in [1.29, 1.82) is 0 Å². The molecule has 1 aliphatic heterocycles. The summed E-state index contributed by atoms with van der Waals surface area (Å²) in [5.74, 6) is -1.97. The predicted molar refractivity (Wildman–Crippen MR) is 78.7 cm³/mol. The van der Waals surface area contributed by atoms with Crippen LogP contribution in [-0.2, 0) is 14.4 Å².